The largest absolute Gasteiger partial charge is 0.299 e. The van der Waals surface area contributed by atoms with Gasteiger partial charge in [0.1, 0.15) is 11.0 Å². The Kier molecular flexibility index (Phi) is 5.18. The van der Waals surface area contributed by atoms with E-state index in [0.29, 0.717) is 11.6 Å². The summed E-state index contributed by atoms with van der Waals surface area (Å²) in [6.45, 7) is 7.77. The number of nitrogens with zero attached hydrogens (tertiary/aromatic N) is 3. The summed E-state index contributed by atoms with van der Waals surface area (Å²) in [6, 6.07) is 6.89. The third kappa shape index (κ3) is 3.26. The highest BCUT2D eigenvalue weighted by molar-refractivity contribution is 7.15. The zero-order valence-electron chi connectivity index (χ0n) is 15.4. The van der Waals surface area contributed by atoms with E-state index in [2.05, 4.69) is 15.5 Å². The first-order valence-corrected chi connectivity index (χ1v) is 9.52. The molecular formula is C19H22N4O2S. The van der Waals surface area contributed by atoms with Crippen molar-refractivity contribution in [3.8, 4) is 0 Å². The fourth-order valence-electron chi connectivity index (χ4n) is 3.17. The van der Waals surface area contributed by atoms with Gasteiger partial charge < -0.3 is 0 Å². The van der Waals surface area contributed by atoms with Crippen LogP contribution in [0.3, 0.4) is 0 Å². The molecule has 7 heteroatoms. The Labute approximate surface area is 155 Å². The average molecular weight is 370 g/mol. The van der Waals surface area contributed by atoms with Crippen molar-refractivity contribution in [2.45, 2.75) is 46.6 Å². The first-order chi connectivity index (χ1) is 12.5. The smallest absolute Gasteiger partial charge is 0.252 e. The summed E-state index contributed by atoms with van der Waals surface area (Å²) in [5.74, 6) is -0.248. The maximum Gasteiger partial charge on any atom is 0.252 e. The SMILES string of the molecule is CCc1nnc(NC(=O)C(CC)n2c(=O)cc(C)c3cccc(C)c32)s1. The van der Waals surface area contributed by atoms with Crippen LogP contribution in [-0.2, 0) is 11.2 Å². The third-order valence-corrected chi connectivity index (χ3v) is 5.46. The lowest BCUT2D eigenvalue weighted by molar-refractivity contribution is -0.119. The minimum atomic E-state index is -0.610. The summed E-state index contributed by atoms with van der Waals surface area (Å²) >= 11 is 1.36. The quantitative estimate of drug-likeness (QED) is 0.744. The van der Waals surface area contributed by atoms with Crippen LogP contribution in [0, 0.1) is 13.8 Å². The van der Waals surface area contributed by atoms with Gasteiger partial charge in [-0.05, 0) is 37.8 Å². The number of hydrogen-bond donors (Lipinski definition) is 1. The summed E-state index contributed by atoms with van der Waals surface area (Å²) in [5, 5.41) is 13.2. The van der Waals surface area contributed by atoms with Gasteiger partial charge in [-0.2, -0.15) is 0 Å². The van der Waals surface area contributed by atoms with Crippen LogP contribution in [0.5, 0.6) is 0 Å². The Hall–Kier alpha value is -2.54. The van der Waals surface area contributed by atoms with Crippen LogP contribution in [-0.4, -0.2) is 20.7 Å². The molecule has 0 aliphatic heterocycles. The number of rotatable bonds is 5. The van der Waals surface area contributed by atoms with Gasteiger partial charge >= 0.3 is 0 Å². The number of amides is 1. The van der Waals surface area contributed by atoms with Crippen molar-refractivity contribution in [2.75, 3.05) is 5.32 Å². The van der Waals surface area contributed by atoms with Crippen molar-refractivity contribution < 1.29 is 4.79 Å². The fraction of sp³-hybridized carbons (Fsp3) is 0.368. The van der Waals surface area contributed by atoms with Gasteiger partial charge in [0, 0.05) is 11.5 Å². The highest BCUT2D eigenvalue weighted by Gasteiger charge is 2.24. The molecule has 0 radical (unpaired) electrons. The Morgan fingerprint density at radius 1 is 1.23 bits per heavy atom. The number of carbonyl (C=O) groups excluding carboxylic acids is 1. The number of pyridine rings is 1. The van der Waals surface area contributed by atoms with Gasteiger partial charge in [-0.15, -0.1) is 10.2 Å². The molecule has 1 aromatic carbocycles. The zero-order valence-corrected chi connectivity index (χ0v) is 16.2. The van der Waals surface area contributed by atoms with E-state index in [1.54, 1.807) is 10.6 Å². The van der Waals surface area contributed by atoms with Crippen molar-refractivity contribution in [3.63, 3.8) is 0 Å². The second kappa shape index (κ2) is 7.37. The van der Waals surface area contributed by atoms with Crippen molar-refractivity contribution in [1.29, 1.82) is 0 Å². The van der Waals surface area contributed by atoms with E-state index < -0.39 is 6.04 Å². The van der Waals surface area contributed by atoms with Gasteiger partial charge in [0.2, 0.25) is 11.0 Å². The van der Waals surface area contributed by atoms with Gasteiger partial charge in [-0.3, -0.25) is 19.5 Å². The average Bonchev–Trinajstić information content (AvgIpc) is 3.06. The second-order valence-electron chi connectivity index (χ2n) is 6.27. The monoisotopic (exact) mass is 370 g/mol. The number of para-hydroxylation sites is 1. The van der Waals surface area contributed by atoms with E-state index in [-0.39, 0.29) is 11.5 Å². The molecule has 26 heavy (non-hydrogen) atoms. The first kappa shape index (κ1) is 18.3. The van der Waals surface area contributed by atoms with E-state index >= 15 is 0 Å². The maximum absolute atomic E-state index is 12.9. The van der Waals surface area contributed by atoms with Gasteiger partial charge in [0.05, 0.1) is 5.52 Å². The van der Waals surface area contributed by atoms with E-state index in [1.165, 1.54) is 11.3 Å². The Morgan fingerprint density at radius 3 is 2.65 bits per heavy atom. The predicted molar refractivity (Wildman–Crippen MR) is 105 cm³/mol. The summed E-state index contributed by atoms with van der Waals surface area (Å²) in [6.07, 6.45) is 1.27. The highest BCUT2D eigenvalue weighted by Crippen LogP contribution is 2.25. The molecular weight excluding hydrogens is 348 g/mol. The van der Waals surface area contributed by atoms with Crippen molar-refractivity contribution in [3.05, 3.63) is 50.8 Å². The van der Waals surface area contributed by atoms with Crippen LogP contribution in [0.25, 0.3) is 10.9 Å². The minimum absolute atomic E-state index is 0.169. The van der Waals surface area contributed by atoms with Crippen LogP contribution in [0.2, 0.25) is 0 Å². The van der Waals surface area contributed by atoms with Crippen molar-refractivity contribution >= 4 is 33.3 Å². The molecule has 0 bridgehead atoms. The van der Waals surface area contributed by atoms with Gasteiger partial charge in [0.15, 0.2) is 0 Å². The Morgan fingerprint density at radius 2 is 2.00 bits per heavy atom. The molecule has 1 N–H and O–H groups in total. The molecule has 0 saturated heterocycles. The van der Waals surface area contributed by atoms with Crippen LogP contribution in [0.1, 0.15) is 42.4 Å². The van der Waals surface area contributed by atoms with Crippen LogP contribution in [0.15, 0.2) is 29.1 Å². The number of benzene rings is 1. The lowest BCUT2D eigenvalue weighted by Crippen LogP contribution is -2.33. The van der Waals surface area contributed by atoms with Crippen LogP contribution in [0.4, 0.5) is 5.13 Å². The standard InChI is InChI=1S/C19H22N4O2S/c1-5-14(18(25)20-19-22-21-15(6-2)26-19)23-16(24)10-12(4)13-9-7-8-11(3)17(13)23/h7-10,14H,5-6H2,1-4H3,(H,20,22,25). The zero-order chi connectivity index (χ0) is 18.8. The molecule has 1 atom stereocenters. The van der Waals surface area contributed by atoms with Crippen molar-refractivity contribution in [2.24, 2.45) is 0 Å². The van der Waals surface area contributed by atoms with Gasteiger partial charge in [-0.25, -0.2) is 0 Å². The summed E-state index contributed by atoms with van der Waals surface area (Å²) in [5.41, 5.74) is 2.53. The van der Waals surface area contributed by atoms with E-state index in [0.717, 1.165) is 33.5 Å². The Balaban J connectivity index is 2.08. The minimum Gasteiger partial charge on any atom is -0.299 e. The number of fused-ring (bicyclic) bond motifs is 1. The number of aryl methyl sites for hydroxylation is 3. The van der Waals surface area contributed by atoms with Gasteiger partial charge in [-0.1, -0.05) is 43.4 Å². The number of carbonyl (C=O) groups is 1. The van der Waals surface area contributed by atoms with Crippen LogP contribution < -0.4 is 10.9 Å². The molecule has 6 nitrogen and oxygen atoms in total. The Bertz CT molecular complexity index is 1020. The second-order valence-corrected chi connectivity index (χ2v) is 7.34. The molecule has 0 aliphatic rings. The third-order valence-electron chi connectivity index (χ3n) is 4.48. The lowest BCUT2D eigenvalue weighted by atomic mass is 10.0. The predicted octanol–water partition coefficient (Wildman–Crippen LogP) is 3.62. The molecule has 2 heterocycles. The molecule has 0 saturated carbocycles. The summed E-state index contributed by atoms with van der Waals surface area (Å²) in [4.78, 5) is 25.7. The number of anilines is 1. The molecule has 0 spiro atoms. The van der Waals surface area contributed by atoms with Crippen molar-refractivity contribution in [1.82, 2.24) is 14.8 Å². The first-order valence-electron chi connectivity index (χ1n) is 8.71. The fourth-order valence-corrected chi connectivity index (χ4v) is 3.85. The summed E-state index contributed by atoms with van der Waals surface area (Å²) in [7, 11) is 0. The van der Waals surface area contributed by atoms with E-state index in [4.69, 9.17) is 0 Å². The lowest BCUT2D eigenvalue weighted by Gasteiger charge is -2.21. The molecule has 1 amide bonds. The molecule has 3 aromatic rings. The van der Waals surface area contributed by atoms with Gasteiger partial charge in [0.25, 0.3) is 5.56 Å². The summed E-state index contributed by atoms with van der Waals surface area (Å²) < 4.78 is 1.61. The molecule has 0 aliphatic carbocycles. The highest BCUT2D eigenvalue weighted by atomic mass is 32.1. The topological polar surface area (TPSA) is 76.9 Å². The number of aromatic nitrogens is 3. The molecule has 136 valence electrons. The van der Waals surface area contributed by atoms with E-state index in [1.807, 2.05) is 45.9 Å². The van der Waals surface area contributed by atoms with E-state index in [9.17, 15) is 9.59 Å². The molecule has 2 aromatic heterocycles. The maximum atomic E-state index is 12.9. The molecule has 0 fully saturated rings. The molecule has 3 rings (SSSR count). The van der Waals surface area contributed by atoms with Crippen LogP contribution >= 0.6 is 11.3 Å². The normalized spacial score (nSPS) is 12.3. The number of hydrogen-bond acceptors (Lipinski definition) is 5. The number of nitrogens with one attached hydrogen (secondary N) is 1. The molecule has 1 unspecified atom stereocenters.